The Bertz CT molecular complexity index is 747. The number of hydrogen-bond acceptors (Lipinski definition) is 5. The molecule has 0 aliphatic carbocycles. The van der Waals surface area contributed by atoms with Gasteiger partial charge in [-0.1, -0.05) is 168 Å². The molecule has 0 bridgehead atoms. The van der Waals surface area contributed by atoms with Crippen LogP contribution >= 0.6 is 0 Å². The van der Waals surface area contributed by atoms with Crippen molar-refractivity contribution in [3.8, 4) is 0 Å². The second kappa shape index (κ2) is 37.6. The van der Waals surface area contributed by atoms with Crippen molar-refractivity contribution in [3.63, 3.8) is 0 Å². The number of rotatable bonds is 39. The van der Waals surface area contributed by atoms with E-state index >= 15 is 0 Å². The Balaban J connectivity index is 3.77. The Kier molecular flexibility index (Phi) is 36.4. The smallest absolute Gasteiger partial charge is 0.326 e. The molecule has 0 aromatic heterocycles. The highest BCUT2D eigenvalue weighted by Gasteiger charge is 2.19. The van der Waals surface area contributed by atoms with Crippen LogP contribution < -0.4 is 11.1 Å². The summed E-state index contributed by atoms with van der Waals surface area (Å²) < 4.78 is 5.89. The molecule has 0 radical (unpaired) electrons. The van der Waals surface area contributed by atoms with Gasteiger partial charge in [-0.3, -0.25) is 9.59 Å². The minimum absolute atomic E-state index is 0.0414. The van der Waals surface area contributed by atoms with E-state index in [0.717, 1.165) is 57.8 Å². The number of ether oxygens (including phenoxy) is 1. The van der Waals surface area contributed by atoms with Gasteiger partial charge in [0.05, 0.1) is 0 Å². The molecule has 0 rings (SSSR count). The van der Waals surface area contributed by atoms with Crippen LogP contribution in [0.15, 0.2) is 0 Å². The molecule has 0 saturated heterocycles. The lowest BCUT2D eigenvalue weighted by atomic mass is 10.0. The van der Waals surface area contributed by atoms with Crippen LogP contribution in [0.5, 0.6) is 0 Å². The topological polar surface area (TPSA) is 119 Å². The van der Waals surface area contributed by atoms with E-state index in [4.69, 9.17) is 10.5 Å². The lowest BCUT2D eigenvalue weighted by Crippen LogP contribution is -2.40. The molecule has 49 heavy (non-hydrogen) atoms. The molecular weight excluding hydrogens is 612 g/mol. The minimum Gasteiger partial charge on any atom is -0.480 e. The third kappa shape index (κ3) is 34.6. The van der Waals surface area contributed by atoms with Crippen LogP contribution in [0.2, 0.25) is 0 Å². The number of aliphatic carboxylic acids is 1. The predicted octanol–water partition coefficient (Wildman–Crippen LogP) is 11.7. The normalized spacial score (nSPS) is 12.6. The fourth-order valence-electron chi connectivity index (χ4n) is 6.69. The van der Waals surface area contributed by atoms with E-state index < -0.39 is 12.0 Å². The molecule has 290 valence electrons. The molecule has 0 aliphatic heterocycles. The first-order valence-corrected chi connectivity index (χ1v) is 21.4. The summed E-state index contributed by atoms with van der Waals surface area (Å²) in [5.41, 5.74) is 5.47. The zero-order valence-corrected chi connectivity index (χ0v) is 32.6. The number of carboxylic acids is 1. The average Bonchev–Trinajstić information content (AvgIpc) is 3.08. The number of esters is 1. The maximum Gasteiger partial charge on any atom is 0.326 e. The predicted molar refractivity (Wildman–Crippen MR) is 207 cm³/mol. The summed E-state index contributed by atoms with van der Waals surface area (Å²) in [4.78, 5) is 36.1. The van der Waals surface area contributed by atoms with Gasteiger partial charge in [0.2, 0.25) is 5.91 Å². The van der Waals surface area contributed by atoms with E-state index in [0.29, 0.717) is 38.6 Å². The summed E-state index contributed by atoms with van der Waals surface area (Å²) in [7, 11) is 0. The summed E-state index contributed by atoms with van der Waals surface area (Å²) in [5, 5.41) is 11.9. The highest BCUT2D eigenvalue weighted by atomic mass is 16.5. The van der Waals surface area contributed by atoms with Crippen LogP contribution in [0.3, 0.4) is 0 Å². The fourth-order valence-corrected chi connectivity index (χ4v) is 6.69. The van der Waals surface area contributed by atoms with E-state index in [9.17, 15) is 19.5 Å². The molecule has 7 nitrogen and oxygen atoms in total. The molecule has 2 unspecified atom stereocenters. The Morgan fingerprint density at radius 1 is 0.510 bits per heavy atom. The number of hydrogen-bond donors (Lipinski definition) is 3. The van der Waals surface area contributed by atoms with Crippen molar-refractivity contribution < 1.29 is 24.2 Å². The van der Waals surface area contributed by atoms with Crippen LogP contribution in [0.25, 0.3) is 0 Å². The quantitative estimate of drug-likeness (QED) is 0.0435. The second-order valence-electron chi connectivity index (χ2n) is 14.8. The maximum atomic E-state index is 12.6. The van der Waals surface area contributed by atoms with Crippen molar-refractivity contribution >= 4 is 17.8 Å². The molecule has 0 aromatic rings. The SMILES string of the molecule is CCCCCCCCCCCCCCCCCCCCCCCCC(=O)OC(CCCCC)CCCCCC(=O)NC(CCCN)C(=O)O. The molecule has 7 heteroatoms. The molecule has 2 atom stereocenters. The van der Waals surface area contributed by atoms with Crippen LogP contribution in [-0.4, -0.2) is 41.6 Å². The summed E-state index contributed by atoms with van der Waals surface area (Å²) in [6.45, 7) is 4.87. The molecule has 1 amide bonds. The number of carbonyl (C=O) groups is 3. The first-order chi connectivity index (χ1) is 23.9. The van der Waals surface area contributed by atoms with Crippen LogP contribution in [0.4, 0.5) is 0 Å². The van der Waals surface area contributed by atoms with E-state index in [1.54, 1.807) is 0 Å². The Morgan fingerprint density at radius 3 is 1.31 bits per heavy atom. The second-order valence-corrected chi connectivity index (χ2v) is 14.8. The van der Waals surface area contributed by atoms with Gasteiger partial charge in [0.25, 0.3) is 0 Å². The zero-order valence-electron chi connectivity index (χ0n) is 32.6. The first kappa shape index (κ1) is 47.4. The summed E-state index contributed by atoms with van der Waals surface area (Å²) >= 11 is 0. The van der Waals surface area contributed by atoms with Gasteiger partial charge in [0, 0.05) is 12.8 Å². The standard InChI is InChI=1S/C42H82N2O5/c1-3-5-7-8-9-10-11-12-13-14-15-16-17-18-19-20-21-22-23-24-25-30-36-41(46)49-38(32-27-6-4-2)33-28-26-29-35-40(45)44-39(42(47)48)34-31-37-43/h38-39H,3-37,43H2,1-2H3,(H,44,45)(H,47,48). The molecule has 0 saturated carbocycles. The van der Waals surface area contributed by atoms with Crippen LogP contribution in [-0.2, 0) is 19.1 Å². The van der Waals surface area contributed by atoms with Crippen molar-refractivity contribution in [2.45, 2.75) is 244 Å². The third-order valence-electron chi connectivity index (χ3n) is 9.92. The van der Waals surface area contributed by atoms with Crippen molar-refractivity contribution in [3.05, 3.63) is 0 Å². The van der Waals surface area contributed by atoms with Gasteiger partial charge in [-0.2, -0.15) is 0 Å². The lowest BCUT2D eigenvalue weighted by molar-refractivity contribution is -0.150. The van der Waals surface area contributed by atoms with Crippen LogP contribution in [0.1, 0.15) is 232 Å². The molecule has 0 aliphatic rings. The Morgan fingerprint density at radius 2 is 0.878 bits per heavy atom. The van der Waals surface area contributed by atoms with Crippen molar-refractivity contribution in [2.24, 2.45) is 5.73 Å². The fraction of sp³-hybridized carbons (Fsp3) is 0.929. The van der Waals surface area contributed by atoms with E-state index in [-0.39, 0.29) is 18.0 Å². The number of carbonyl (C=O) groups excluding carboxylic acids is 2. The van der Waals surface area contributed by atoms with E-state index in [1.807, 2.05) is 0 Å². The lowest BCUT2D eigenvalue weighted by Gasteiger charge is -2.18. The largest absolute Gasteiger partial charge is 0.480 e. The van der Waals surface area contributed by atoms with Gasteiger partial charge in [-0.15, -0.1) is 0 Å². The summed E-state index contributed by atoms with van der Waals surface area (Å²) in [6, 6.07) is -0.869. The molecule has 0 aromatic carbocycles. The molecule has 0 heterocycles. The average molecular weight is 695 g/mol. The van der Waals surface area contributed by atoms with Gasteiger partial charge >= 0.3 is 11.9 Å². The van der Waals surface area contributed by atoms with Crippen molar-refractivity contribution in [1.29, 1.82) is 0 Å². The third-order valence-corrected chi connectivity index (χ3v) is 9.92. The molecular formula is C42H82N2O5. The Labute approximate surface area is 303 Å². The molecule has 4 N–H and O–H groups in total. The number of unbranched alkanes of at least 4 members (excludes halogenated alkanes) is 25. The highest BCUT2D eigenvalue weighted by Crippen LogP contribution is 2.18. The van der Waals surface area contributed by atoms with Gasteiger partial charge in [0.15, 0.2) is 0 Å². The van der Waals surface area contributed by atoms with E-state index in [1.165, 1.54) is 128 Å². The van der Waals surface area contributed by atoms with Gasteiger partial charge < -0.3 is 20.9 Å². The van der Waals surface area contributed by atoms with Crippen LogP contribution in [0, 0.1) is 0 Å². The summed E-state index contributed by atoms with van der Waals surface area (Å²) in [6.07, 6.45) is 39.1. The number of nitrogens with two attached hydrogens (primary N) is 1. The number of nitrogens with one attached hydrogen (secondary N) is 1. The van der Waals surface area contributed by atoms with E-state index in [2.05, 4.69) is 19.2 Å². The van der Waals surface area contributed by atoms with Gasteiger partial charge in [-0.25, -0.2) is 4.79 Å². The monoisotopic (exact) mass is 695 g/mol. The van der Waals surface area contributed by atoms with Crippen molar-refractivity contribution in [2.75, 3.05) is 6.54 Å². The Hall–Kier alpha value is -1.63. The highest BCUT2D eigenvalue weighted by molar-refractivity contribution is 5.83. The molecule has 0 fully saturated rings. The van der Waals surface area contributed by atoms with Gasteiger partial charge in [-0.05, 0) is 57.9 Å². The maximum absolute atomic E-state index is 12.6. The number of amides is 1. The van der Waals surface area contributed by atoms with Crippen molar-refractivity contribution in [1.82, 2.24) is 5.32 Å². The number of carboxylic acid groups (broad SMARTS) is 1. The zero-order chi connectivity index (χ0) is 36.0. The first-order valence-electron chi connectivity index (χ1n) is 21.4. The minimum atomic E-state index is -1.01. The summed E-state index contributed by atoms with van der Waals surface area (Å²) in [5.74, 6) is -1.30. The van der Waals surface area contributed by atoms with Gasteiger partial charge in [0.1, 0.15) is 12.1 Å². The molecule has 0 spiro atoms.